The van der Waals surface area contributed by atoms with Crippen LogP contribution in [0.2, 0.25) is 0 Å². The Hall–Kier alpha value is -4.07. The number of benzene rings is 2. The Bertz CT molecular complexity index is 1670. The van der Waals surface area contributed by atoms with Gasteiger partial charge in [-0.2, -0.15) is 5.26 Å². The molecule has 0 N–H and O–H groups in total. The van der Waals surface area contributed by atoms with Crippen molar-refractivity contribution in [3.63, 3.8) is 0 Å². The predicted molar refractivity (Wildman–Crippen MR) is 128 cm³/mol. The monoisotopic (exact) mass is 471 g/mol. The van der Waals surface area contributed by atoms with Crippen LogP contribution in [0.25, 0.3) is 33.5 Å². The second-order valence-electron chi connectivity index (χ2n) is 8.13. The molecule has 0 spiro atoms. The number of hydrogen-bond donors (Lipinski definition) is 0. The van der Waals surface area contributed by atoms with E-state index in [0.29, 0.717) is 17.1 Å². The Morgan fingerprint density at radius 3 is 2.38 bits per heavy atom. The van der Waals surface area contributed by atoms with Crippen LogP contribution in [0.5, 0.6) is 0 Å². The molecule has 0 saturated carbocycles. The highest BCUT2D eigenvalue weighted by Gasteiger charge is 2.21. The fraction of sp³-hybridized carbons (Fsp3) is 0.167. The van der Waals surface area contributed by atoms with Crippen molar-refractivity contribution in [1.82, 2.24) is 28.5 Å². The Balaban J connectivity index is 1.77. The van der Waals surface area contributed by atoms with Crippen LogP contribution in [0, 0.1) is 18.3 Å². The van der Waals surface area contributed by atoms with Gasteiger partial charge in [-0.15, -0.1) is 5.10 Å². The SMILES string of the molecule is Cc1ccc(-n2cc(-c3ccc(S(=O)(=O)N(C)C)cc3)c3c2ncn2nc(CC#N)nc32)cc1. The molecule has 2 aromatic carbocycles. The summed E-state index contributed by atoms with van der Waals surface area (Å²) in [5.41, 5.74) is 4.99. The molecule has 3 aromatic heterocycles. The first-order chi connectivity index (χ1) is 16.3. The molecular formula is C24H21N7O2S. The first-order valence-corrected chi connectivity index (χ1v) is 12.0. The summed E-state index contributed by atoms with van der Waals surface area (Å²) >= 11 is 0. The van der Waals surface area contributed by atoms with Gasteiger partial charge in [0.1, 0.15) is 6.33 Å². The number of hydrogen-bond acceptors (Lipinski definition) is 6. The van der Waals surface area contributed by atoms with E-state index in [0.717, 1.165) is 27.8 Å². The smallest absolute Gasteiger partial charge is 0.242 e. The Labute approximate surface area is 196 Å². The average Bonchev–Trinajstić information content (AvgIpc) is 3.41. The lowest BCUT2D eigenvalue weighted by Crippen LogP contribution is -2.22. The summed E-state index contributed by atoms with van der Waals surface area (Å²) in [6, 6.07) is 16.9. The van der Waals surface area contributed by atoms with Gasteiger partial charge in [0, 0.05) is 31.5 Å². The van der Waals surface area contributed by atoms with Crippen molar-refractivity contribution in [2.45, 2.75) is 18.2 Å². The number of rotatable bonds is 5. The number of sulfonamides is 1. The number of nitriles is 1. The van der Waals surface area contributed by atoms with Crippen molar-refractivity contribution in [1.29, 1.82) is 5.26 Å². The van der Waals surface area contributed by atoms with E-state index in [1.165, 1.54) is 18.4 Å². The van der Waals surface area contributed by atoms with Crippen molar-refractivity contribution in [2.75, 3.05) is 14.1 Å². The van der Waals surface area contributed by atoms with Crippen molar-refractivity contribution in [3.8, 4) is 22.9 Å². The molecule has 3 heterocycles. The molecule has 5 rings (SSSR count). The van der Waals surface area contributed by atoms with Gasteiger partial charge in [-0.1, -0.05) is 29.8 Å². The molecule has 5 aromatic rings. The predicted octanol–water partition coefficient (Wildman–Crippen LogP) is 3.36. The molecule has 10 heteroatoms. The van der Waals surface area contributed by atoms with Crippen LogP contribution in [-0.2, 0) is 16.4 Å². The molecule has 0 radical (unpaired) electrons. The van der Waals surface area contributed by atoms with E-state index in [4.69, 9.17) is 5.26 Å². The maximum Gasteiger partial charge on any atom is 0.242 e. The Morgan fingerprint density at radius 2 is 1.74 bits per heavy atom. The molecule has 34 heavy (non-hydrogen) atoms. The first-order valence-electron chi connectivity index (χ1n) is 10.5. The Morgan fingerprint density at radius 1 is 1.03 bits per heavy atom. The lowest BCUT2D eigenvalue weighted by molar-refractivity contribution is 0.521. The number of fused-ring (bicyclic) bond motifs is 3. The minimum absolute atomic E-state index is 0.0915. The van der Waals surface area contributed by atoms with Crippen LogP contribution in [0.4, 0.5) is 0 Å². The van der Waals surface area contributed by atoms with Gasteiger partial charge in [0.15, 0.2) is 17.1 Å². The quantitative estimate of drug-likeness (QED) is 0.389. The summed E-state index contributed by atoms with van der Waals surface area (Å²) in [5.74, 6) is 0.415. The fourth-order valence-corrected chi connectivity index (χ4v) is 4.76. The zero-order valence-electron chi connectivity index (χ0n) is 18.8. The fourth-order valence-electron chi connectivity index (χ4n) is 3.85. The summed E-state index contributed by atoms with van der Waals surface area (Å²) in [6.45, 7) is 2.03. The number of aryl methyl sites for hydroxylation is 1. The van der Waals surface area contributed by atoms with Gasteiger partial charge in [0.05, 0.1) is 22.8 Å². The normalized spacial score (nSPS) is 12.0. The van der Waals surface area contributed by atoms with Crippen LogP contribution in [0.15, 0.2) is 66.0 Å². The molecular weight excluding hydrogens is 450 g/mol. The zero-order valence-corrected chi connectivity index (χ0v) is 19.7. The minimum atomic E-state index is -3.54. The summed E-state index contributed by atoms with van der Waals surface area (Å²) in [4.78, 5) is 9.45. The van der Waals surface area contributed by atoms with Crippen molar-refractivity contribution in [3.05, 3.63) is 72.4 Å². The van der Waals surface area contributed by atoms with Gasteiger partial charge in [0.25, 0.3) is 0 Å². The highest BCUT2D eigenvalue weighted by atomic mass is 32.2. The molecule has 0 bridgehead atoms. The second kappa shape index (κ2) is 8.06. The largest absolute Gasteiger partial charge is 0.301 e. The third-order valence-electron chi connectivity index (χ3n) is 5.66. The van der Waals surface area contributed by atoms with Gasteiger partial charge in [-0.05, 0) is 36.8 Å². The van der Waals surface area contributed by atoms with E-state index in [-0.39, 0.29) is 11.3 Å². The molecule has 9 nitrogen and oxygen atoms in total. The van der Waals surface area contributed by atoms with Crippen LogP contribution >= 0.6 is 0 Å². The van der Waals surface area contributed by atoms with E-state index >= 15 is 0 Å². The standard InChI is InChI=1S/C24H21N7O2S/c1-16-4-8-18(9-5-16)30-14-20(17-6-10-19(11-7-17)34(32,33)29(2)3)22-23(30)26-15-31-24(22)27-21(28-31)12-13-25/h4-11,14-15H,12H2,1-3H3. The number of nitrogens with zero attached hydrogens (tertiary/aromatic N) is 7. The van der Waals surface area contributed by atoms with Crippen LogP contribution < -0.4 is 0 Å². The Kier molecular flexibility index (Phi) is 5.16. The molecule has 0 aliphatic heterocycles. The maximum absolute atomic E-state index is 12.5. The lowest BCUT2D eigenvalue weighted by atomic mass is 10.1. The summed E-state index contributed by atoms with van der Waals surface area (Å²) in [7, 11) is -0.529. The van der Waals surface area contributed by atoms with E-state index in [1.54, 1.807) is 35.1 Å². The molecule has 170 valence electrons. The topological polar surface area (TPSA) is 109 Å². The van der Waals surface area contributed by atoms with Gasteiger partial charge in [0.2, 0.25) is 10.0 Å². The zero-order chi connectivity index (χ0) is 24.0. The van der Waals surface area contributed by atoms with E-state index < -0.39 is 10.0 Å². The van der Waals surface area contributed by atoms with Gasteiger partial charge < -0.3 is 4.57 Å². The van der Waals surface area contributed by atoms with Crippen LogP contribution in [-0.4, -0.2) is 51.0 Å². The van der Waals surface area contributed by atoms with Crippen molar-refractivity contribution in [2.24, 2.45) is 0 Å². The highest BCUT2D eigenvalue weighted by molar-refractivity contribution is 7.89. The van der Waals surface area contributed by atoms with Gasteiger partial charge in [-0.25, -0.2) is 27.2 Å². The maximum atomic E-state index is 12.5. The molecule has 0 saturated heterocycles. The van der Waals surface area contributed by atoms with Gasteiger partial charge >= 0.3 is 0 Å². The second-order valence-corrected chi connectivity index (χ2v) is 10.3. The lowest BCUT2D eigenvalue weighted by Gasteiger charge is -2.11. The molecule has 0 unspecified atom stereocenters. The first kappa shape index (κ1) is 21.8. The third kappa shape index (κ3) is 3.51. The number of aromatic nitrogens is 5. The molecule has 0 amide bonds. The molecule has 0 atom stereocenters. The average molecular weight is 472 g/mol. The summed E-state index contributed by atoms with van der Waals surface area (Å²) in [6.07, 6.45) is 3.65. The van der Waals surface area contributed by atoms with Crippen molar-refractivity contribution >= 4 is 26.7 Å². The molecule has 0 aliphatic carbocycles. The minimum Gasteiger partial charge on any atom is -0.301 e. The highest BCUT2D eigenvalue weighted by Crippen LogP contribution is 2.34. The van der Waals surface area contributed by atoms with Gasteiger partial charge in [-0.3, -0.25) is 0 Å². The molecule has 0 aliphatic rings. The molecule has 0 fully saturated rings. The third-order valence-corrected chi connectivity index (χ3v) is 7.49. The van der Waals surface area contributed by atoms with E-state index in [9.17, 15) is 8.42 Å². The van der Waals surface area contributed by atoms with Crippen LogP contribution in [0.3, 0.4) is 0 Å². The van der Waals surface area contributed by atoms with E-state index in [1.807, 2.05) is 42.0 Å². The van der Waals surface area contributed by atoms with E-state index in [2.05, 4.69) is 21.1 Å². The summed E-state index contributed by atoms with van der Waals surface area (Å²) < 4.78 is 29.8. The van der Waals surface area contributed by atoms with Crippen LogP contribution in [0.1, 0.15) is 11.4 Å². The van der Waals surface area contributed by atoms with Crippen molar-refractivity contribution < 1.29 is 8.42 Å². The summed E-state index contributed by atoms with van der Waals surface area (Å²) in [5, 5.41) is 14.2.